The van der Waals surface area contributed by atoms with Gasteiger partial charge in [0.2, 0.25) is 15.8 Å². The molecule has 0 aliphatic heterocycles. The predicted molar refractivity (Wildman–Crippen MR) is 132 cm³/mol. The third kappa shape index (κ3) is 5.32. The van der Waals surface area contributed by atoms with Gasteiger partial charge in [0.1, 0.15) is 11.7 Å². The minimum Gasteiger partial charge on any atom is -0.494 e. The number of benzene rings is 1. The number of sulfonamides is 1. The van der Waals surface area contributed by atoms with Gasteiger partial charge < -0.3 is 14.6 Å². The maximum atomic E-state index is 11.7. The molecule has 0 saturated heterocycles. The number of nitrogens with one attached hydrogen (secondary N) is 2. The smallest absolute Gasteiger partial charge is 0.254 e. The number of nitrogens with zero attached hydrogens (tertiary/aromatic N) is 3. The molecule has 0 bridgehead atoms. The van der Waals surface area contributed by atoms with Crippen molar-refractivity contribution >= 4 is 15.6 Å². The van der Waals surface area contributed by atoms with Crippen molar-refractivity contribution in [3.63, 3.8) is 0 Å². The van der Waals surface area contributed by atoms with Crippen LogP contribution in [0.3, 0.4) is 0 Å². The zero-order valence-corrected chi connectivity index (χ0v) is 21.2. The van der Waals surface area contributed by atoms with Crippen molar-refractivity contribution in [3.8, 4) is 17.5 Å². The highest BCUT2D eigenvalue weighted by molar-refractivity contribution is 7.89. The van der Waals surface area contributed by atoms with E-state index in [-0.39, 0.29) is 23.8 Å². The summed E-state index contributed by atoms with van der Waals surface area (Å²) in [7, 11) is -1.83. The van der Waals surface area contributed by atoms with Crippen LogP contribution in [0.2, 0.25) is 0 Å². The molecule has 2 aliphatic carbocycles. The summed E-state index contributed by atoms with van der Waals surface area (Å²) in [5.41, 5.74) is 3.99. The number of nitriles is 1. The number of rotatable bonds is 9. The fraction of sp³-hybridized carbons (Fsp3) is 0.480. The lowest BCUT2D eigenvalue weighted by Gasteiger charge is -2.26. The Labute approximate surface area is 206 Å². The Kier molecular flexibility index (Phi) is 7.40. The zero-order valence-electron chi connectivity index (χ0n) is 20.4. The highest BCUT2D eigenvalue weighted by atomic mass is 32.2. The van der Waals surface area contributed by atoms with E-state index in [4.69, 9.17) is 9.26 Å². The van der Waals surface area contributed by atoms with Crippen molar-refractivity contribution in [1.82, 2.24) is 20.2 Å². The van der Waals surface area contributed by atoms with Crippen LogP contribution in [-0.4, -0.2) is 44.0 Å². The molecule has 9 nitrogen and oxygen atoms in total. The second-order valence-electron chi connectivity index (χ2n) is 9.12. The minimum absolute atomic E-state index is 0.0135. The van der Waals surface area contributed by atoms with Crippen molar-refractivity contribution in [2.75, 3.05) is 19.3 Å². The summed E-state index contributed by atoms with van der Waals surface area (Å²) in [6.07, 6.45) is 5.40. The Hall–Kier alpha value is -3.00. The molecule has 1 aromatic carbocycles. The summed E-state index contributed by atoms with van der Waals surface area (Å²) in [6, 6.07) is 8.41. The molecular weight excluding hydrogens is 466 g/mol. The molecule has 186 valence electrons. The Morgan fingerprint density at radius 3 is 2.83 bits per heavy atom. The van der Waals surface area contributed by atoms with Crippen molar-refractivity contribution in [3.05, 3.63) is 53.1 Å². The molecule has 3 unspecified atom stereocenters. The average molecular weight is 498 g/mol. The van der Waals surface area contributed by atoms with Crippen LogP contribution in [0.15, 0.2) is 40.6 Å². The molecule has 4 rings (SSSR count). The Morgan fingerprint density at radius 2 is 2.11 bits per heavy atom. The third-order valence-corrected chi connectivity index (χ3v) is 7.86. The fourth-order valence-corrected chi connectivity index (χ4v) is 5.27. The van der Waals surface area contributed by atoms with Gasteiger partial charge in [-0.3, -0.25) is 0 Å². The van der Waals surface area contributed by atoms with E-state index in [1.807, 2.05) is 45.1 Å². The Balaban J connectivity index is 1.55. The van der Waals surface area contributed by atoms with E-state index in [1.165, 1.54) is 7.05 Å². The average Bonchev–Trinajstić information content (AvgIpc) is 3.47. The molecule has 2 aromatic rings. The van der Waals surface area contributed by atoms with Gasteiger partial charge in [-0.25, -0.2) is 13.1 Å². The van der Waals surface area contributed by atoms with Crippen LogP contribution in [0.5, 0.6) is 0 Å². The van der Waals surface area contributed by atoms with Crippen LogP contribution >= 0.6 is 0 Å². The predicted octanol–water partition coefficient (Wildman–Crippen LogP) is 3.34. The second kappa shape index (κ2) is 10.3. The van der Waals surface area contributed by atoms with Gasteiger partial charge in [0.15, 0.2) is 0 Å². The molecule has 0 fully saturated rings. The van der Waals surface area contributed by atoms with Crippen LogP contribution in [0, 0.1) is 23.2 Å². The maximum absolute atomic E-state index is 11.7. The van der Waals surface area contributed by atoms with E-state index in [9.17, 15) is 13.7 Å². The molecule has 0 amide bonds. The summed E-state index contributed by atoms with van der Waals surface area (Å²) in [5.74, 6) is 1.00. The van der Waals surface area contributed by atoms with Crippen LogP contribution in [0.25, 0.3) is 17.0 Å². The molecule has 10 heteroatoms. The highest BCUT2D eigenvalue weighted by Gasteiger charge is 2.33. The molecule has 1 heterocycles. The number of hydrogen-bond acceptors (Lipinski definition) is 8. The molecule has 35 heavy (non-hydrogen) atoms. The highest BCUT2D eigenvalue weighted by Crippen LogP contribution is 2.39. The van der Waals surface area contributed by atoms with Gasteiger partial charge >= 0.3 is 0 Å². The summed E-state index contributed by atoms with van der Waals surface area (Å²) >= 11 is 0. The molecule has 1 aromatic heterocycles. The molecule has 0 spiro atoms. The van der Waals surface area contributed by atoms with E-state index in [2.05, 4.69) is 32.3 Å². The second-order valence-corrected chi connectivity index (χ2v) is 11.2. The maximum Gasteiger partial charge on any atom is 0.254 e. The molecule has 0 saturated carbocycles. The van der Waals surface area contributed by atoms with Crippen molar-refractivity contribution in [2.24, 2.45) is 11.8 Å². The van der Waals surface area contributed by atoms with Crippen LogP contribution in [-0.2, 0) is 21.2 Å². The number of aromatic nitrogens is 2. The molecule has 2 N–H and O–H groups in total. The summed E-state index contributed by atoms with van der Waals surface area (Å²) in [5, 5.41) is 17.3. The number of fused-ring (bicyclic) bond motifs is 1. The lowest BCUT2D eigenvalue weighted by atomic mass is 9.83. The molecule has 3 atom stereocenters. The number of ether oxygens (including phenoxy) is 1. The van der Waals surface area contributed by atoms with Gasteiger partial charge in [-0.2, -0.15) is 10.2 Å². The van der Waals surface area contributed by atoms with Crippen LogP contribution in [0.4, 0.5) is 0 Å². The summed E-state index contributed by atoms with van der Waals surface area (Å²) in [4.78, 5) is 4.68. The first-order chi connectivity index (χ1) is 16.7. The summed E-state index contributed by atoms with van der Waals surface area (Å²) < 4.78 is 37.2. The van der Waals surface area contributed by atoms with Crippen molar-refractivity contribution in [2.45, 2.75) is 45.8 Å². The standard InChI is InChI=1S/C25H31N5O4S/c1-15(2)33-23-11-9-17(16(3)21(23)14-26)25-29-24(30-34-25)20-7-5-6-19-18(20)8-10-22(19)28-12-13-35(31,32)27-4/h5-7,9,11,15-16,21-22,27-28H,8,10,12-13H2,1-4H3. The zero-order chi connectivity index (χ0) is 25.2. The first-order valence-corrected chi connectivity index (χ1v) is 13.5. The van der Waals surface area contributed by atoms with E-state index in [0.29, 0.717) is 24.0 Å². The van der Waals surface area contributed by atoms with Gasteiger partial charge in [0.05, 0.1) is 17.9 Å². The first-order valence-electron chi connectivity index (χ1n) is 11.8. The minimum atomic E-state index is -3.25. The normalized spacial score (nSPS) is 21.9. The van der Waals surface area contributed by atoms with Crippen molar-refractivity contribution in [1.29, 1.82) is 5.26 Å². The van der Waals surface area contributed by atoms with Gasteiger partial charge in [-0.1, -0.05) is 30.3 Å². The monoisotopic (exact) mass is 497 g/mol. The quantitative estimate of drug-likeness (QED) is 0.539. The lowest BCUT2D eigenvalue weighted by Crippen LogP contribution is -2.31. The van der Waals surface area contributed by atoms with Gasteiger partial charge in [-0.15, -0.1) is 0 Å². The number of hydrogen-bond donors (Lipinski definition) is 2. The van der Waals surface area contributed by atoms with E-state index in [0.717, 1.165) is 35.1 Å². The van der Waals surface area contributed by atoms with Crippen LogP contribution in [0.1, 0.15) is 50.3 Å². The van der Waals surface area contributed by atoms with Crippen molar-refractivity contribution < 1.29 is 17.7 Å². The fourth-order valence-electron chi connectivity index (χ4n) is 4.68. The lowest BCUT2D eigenvalue weighted by molar-refractivity contribution is 0.122. The van der Waals surface area contributed by atoms with E-state index in [1.54, 1.807) is 0 Å². The Bertz CT molecular complexity index is 1290. The van der Waals surface area contributed by atoms with E-state index < -0.39 is 15.9 Å². The van der Waals surface area contributed by atoms with Crippen LogP contribution < -0.4 is 10.0 Å². The Morgan fingerprint density at radius 1 is 1.31 bits per heavy atom. The van der Waals surface area contributed by atoms with Gasteiger partial charge in [-0.05, 0) is 57.0 Å². The summed E-state index contributed by atoms with van der Waals surface area (Å²) in [6.45, 7) is 6.20. The first kappa shape index (κ1) is 25.1. The van der Waals surface area contributed by atoms with Gasteiger partial charge in [0.25, 0.3) is 5.89 Å². The molecule has 2 aliphatic rings. The molecular formula is C25H31N5O4S. The van der Waals surface area contributed by atoms with Gasteiger partial charge in [0, 0.05) is 29.6 Å². The largest absolute Gasteiger partial charge is 0.494 e. The molecule has 0 radical (unpaired) electrons. The topological polar surface area (TPSA) is 130 Å². The third-order valence-electron chi connectivity index (χ3n) is 6.49. The SMILES string of the molecule is CNS(=O)(=O)CCNC1CCc2c(-c3noc(C4=CC=C(OC(C)C)C(C#N)C4C)n3)cccc21. The number of allylic oxidation sites excluding steroid dienone is 4. The van der Waals surface area contributed by atoms with E-state index >= 15 is 0 Å².